The second-order valence-electron chi connectivity index (χ2n) is 4.19. The normalized spacial score (nSPS) is 18.6. The van der Waals surface area contributed by atoms with E-state index in [4.69, 9.17) is 0 Å². The number of esters is 1. The predicted octanol–water partition coefficient (Wildman–Crippen LogP) is 3.13. The van der Waals surface area contributed by atoms with E-state index in [1.54, 1.807) is 0 Å². The molecule has 0 atom stereocenters. The first-order chi connectivity index (χ1) is 7.93. The molecule has 0 saturated heterocycles. The van der Waals surface area contributed by atoms with Crippen molar-refractivity contribution in [1.82, 2.24) is 0 Å². The fraction of sp³-hybridized carbons (Fsp3) is 0.417. The van der Waals surface area contributed by atoms with E-state index in [9.17, 15) is 18.0 Å². The van der Waals surface area contributed by atoms with Crippen molar-refractivity contribution in [1.29, 1.82) is 0 Å². The van der Waals surface area contributed by atoms with E-state index in [1.807, 2.05) is 0 Å². The second-order valence-corrected chi connectivity index (χ2v) is 4.19. The van der Waals surface area contributed by atoms with Crippen molar-refractivity contribution in [2.24, 2.45) is 0 Å². The van der Waals surface area contributed by atoms with Crippen molar-refractivity contribution in [3.8, 4) is 0 Å². The first kappa shape index (κ1) is 12.0. The Bertz CT molecular complexity index is 449. The summed E-state index contributed by atoms with van der Waals surface area (Å²) in [5.74, 6) is -4.47. The van der Waals surface area contributed by atoms with Crippen LogP contribution in [0.15, 0.2) is 18.2 Å². The van der Waals surface area contributed by atoms with Gasteiger partial charge in [0, 0.05) is 12.8 Å². The molecule has 1 saturated carbocycles. The van der Waals surface area contributed by atoms with Gasteiger partial charge in [-0.15, -0.1) is 0 Å². The standard InChI is InChI=1S/C12H11F3O2/c1-17-11(16)9-3-2-7(4-10(9)13)8-5-12(14,15)6-8/h2-4,8H,5-6H2,1H3. The highest BCUT2D eigenvalue weighted by atomic mass is 19.3. The summed E-state index contributed by atoms with van der Waals surface area (Å²) in [7, 11) is 1.15. The molecule has 17 heavy (non-hydrogen) atoms. The maximum Gasteiger partial charge on any atom is 0.340 e. The van der Waals surface area contributed by atoms with Crippen LogP contribution in [0.5, 0.6) is 0 Å². The van der Waals surface area contributed by atoms with E-state index in [-0.39, 0.29) is 24.3 Å². The van der Waals surface area contributed by atoms with Gasteiger partial charge < -0.3 is 4.74 Å². The molecule has 1 fully saturated rings. The van der Waals surface area contributed by atoms with Gasteiger partial charge in [0.15, 0.2) is 0 Å². The molecule has 1 aromatic carbocycles. The van der Waals surface area contributed by atoms with Crippen molar-refractivity contribution in [3.63, 3.8) is 0 Å². The van der Waals surface area contributed by atoms with E-state index in [1.165, 1.54) is 12.1 Å². The summed E-state index contributed by atoms with van der Waals surface area (Å²) in [6, 6.07) is 3.90. The maximum atomic E-state index is 13.5. The number of halogens is 3. The average molecular weight is 244 g/mol. The molecular formula is C12H11F3O2. The van der Waals surface area contributed by atoms with Crippen LogP contribution in [0.1, 0.15) is 34.7 Å². The Morgan fingerprint density at radius 3 is 2.53 bits per heavy atom. The Morgan fingerprint density at radius 2 is 2.06 bits per heavy atom. The quantitative estimate of drug-likeness (QED) is 0.747. The Kier molecular flexibility index (Phi) is 2.85. The lowest BCUT2D eigenvalue weighted by Gasteiger charge is -2.35. The van der Waals surface area contributed by atoms with Gasteiger partial charge >= 0.3 is 5.97 Å². The highest BCUT2D eigenvalue weighted by Gasteiger charge is 2.45. The molecule has 0 heterocycles. The molecule has 1 aromatic rings. The van der Waals surface area contributed by atoms with Crippen LogP contribution in [-0.2, 0) is 4.74 Å². The molecule has 5 heteroatoms. The van der Waals surface area contributed by atoms with E-state index < -0.39 is 17.7 Å². The lowest BCUT2D eigenvalue weighted by atomic mass is 9.76. The SMILES string of the molecule is COC(=O)c1ccc(C2CC(F)(F)C2)cc1F. The van der Waals surface area contributed by atoms with Crippen LogP contribution in [0.25, 0.3) is 0 Å². The lowest BCUT2D eigenvalue weighted by molar-refractivity contribution is -0.0868. The van der Waals surface area contributed by atoms with Crippen molar-refractivity contribution >= 4 is 5.97 Å². The Morgan fingerprint density at radius 1 is 1.41 bits per heavy atom. The molecule has 0 aromatic heterocycles. The molecule has 2 nitrogen and oxygen atoms in total. The first-order valence-electron chi connectivity index (χ1n) is 5.18. The van der Waals surface area contributed by atoms with Crippen LogP contribution in [0, 0.1) is 5.82 Å². The number of carbonyl (C=O) groups excluding carboxylic acids is 1. The van der Waals surface area contributed by atoms with E-state index in [2.05, 4.69) is 4.74 Å². The number of methoxy groups -OCH3 is 1. The molecule has 0 amide bonds. The Balaban J connectivity index is 2.18. The third-order valence-corrected chi connectivity index (χ3v) is 2.96. The second kappa shape index (κ2) is 4.05. The largest absolute Gasteiger partial charge is 0.465 e. The maximum absolute atomic E-state index is 13.5. The number of benzene rings is 1. The van der Waals surface area contributed by atoms with Crippen LogP contribution >= 0.6 is 0 Å². The molecule has 1 aliphatic rings. The molecule has 0 aliphatic heterocycles. The number of alkyl halides is 2. The zero-order valence-electron chi connectivity index (χ0n) is 9.17. The van der Waals surface area contributed by atoms with Gasteiger partial charge in [0.25, 0.3) is 0 Å². The predicted molar refractivity (Wildman–Crippen MR) is 54.7 cm³/mol. The van der Waals surface area contributed by atoms with Gasteiger partial charge in [0.1, 0.15) is 5.82 Å². The summed E-state index contributed by atoms with van der Waals surface area (Å²) < 4.78 is 43.2. The summed E-state index contributed by atoms with van der Waals surface area (Å²) in [6.45, 7) is 0. The molecule has 92 valence electrons. The smallest absolute Gasteiger partial charge is 0.340 e. The topological polar surface area (TPSA) is 26.3 Å². The first-order valence-corrected chi connectivity index (χ1v) is 5.18. The van der Waals surface area contributed by atoms with Gasteiger partial charge in [0.05, 0.1) is 12.7 Å². The molecule has 0 bridgehead atoms. The number of rotatable bonds is 2. The summed E-state index contributed by atoms with van der Waals surface area (Å²) in [6.07, 6.45) is -0.520. The van der Waals surface area contributed by atoms with Gasteiger partial charge in [-0.05, 0) is 23.6 Å². The molecule has 0 radical (unpaired) electrons. The summed E-state index contributed by atoms with van der Waals surface area (Å²) >= 11 is 0. The molecule has 2 rings (SSSR count). The van der Waals surface area contributed by atoms with Crippen molar-refractivity contribution in [3.05, 3.63) is 35.1 Å². The van der Waals surface area contributed by atoms with Gasteiger partial charge in [0.2, 0.25) is 5.92 Å². The summed E-state index contributed by atoms with van der Waals surface area (Å²) in [5, 5.41) is 0. The number of carbonyl (C=O) groups is 1. The van der Waals surface area contributed by atoms with Crippen molar-refractivity contribution in [2.45, 2.75) is 24.7 Å². The monoisotopic (exact) mass is 244 g/mol. The minimum Gasteiger partial charge on any atom is -0.465 e. The molecular weight excluding hydrogens is 233 g/mol. The van der Waals surface area contributed by atoms with Crippen LogP contribution < -0.4 is 0 Å². The highest BCUT2D eigenvalue weighted by Crippen LogP contribution is 2.48. The average Bonchev–Trinajstić information content (AvgIpc) is 2.24. The number of ether oxygens (including phenoxy) is 1. The number of hydrogen-bond donors (Lipinski definition) is 0. The van der Waals surface area contributed by atoms with Gasteiger partial charge in [-0.2, -0.15) is 0 Å². The van der Waals surface area contributed by atoms with Gasteiger partial charge in [-0.3, -0.25) is 0 Å². The zero-order valence-corrected chi connectivity index (χ0v) is 9.17. The van der Waals surface area contributed by atoms with E-state index >= 15 is 0 Å². The fourth-order valence-electron chi connectivity index (χ4n) is 1.96. The Hall–Kier alpha value is -1.52. The molecule has 0 spiro atoms. The lowest BCUT2D eigenvalue weighted by Crippen LogP contribution is -2.33. The van der Waals surface area contributed by atoms with Crippen LogP contribution in [0.3, 0.4) is 0 Å². The Labute approximate surface area is 96.4 Å². The van der Waals surface area contributed by atoms with Gasteiger partial charge in [-0.25, -0.2) is 18.0 Å². The van der Waals surface area contributed by atoms with E-state index in [0.29, 0.717) is 5.56 Å². The summed E-state index contributed by atoms with van der Waals surface area (Å²) in [4.78, 5) is 11.1. The van der Waals surface area contributed by atoms with Crippen LogP contribution in [-0.4, -0.2) is 19.0 Å². The molecule has 0 unspecified atom stereocenters. The van der Waals surface area contributed by atoms with Crippen LogP contribution in [0.4, 0.5) is 13.2 Å². The fourth-order valence-corrected chi connectivity index (χ4v) is 1.96. The molecule has 1 aliphatic carbocycles. The zero-order chi connectivity index (χ0) is 12.6. The number of hydrogen-bond acceptors (Lipinski definition) is 2. The minimum absolute atomic E-state index is 0.178. The minimum atomic E-state index is -2.64. The van der Waals surface area contributed by atoms with Crippen LogP contribution in [0.2, 0.25) is 0 Å². The third-order valence-electron chi connectivity index (χ3n) is 2.96. The van der Waals surface area contributed by atoms with Crippen molar-refractivity contribution < 1.29 is 22.7 Å². The summed E-state index contributed by atoms with van der Waals surface area (Å²) in [5.41, 5.74) is 0.323. The van der Waals surface area contributed by atoms with E-state index in [0.717, 1.165) is 13.2 Å². The molecule has 0 N–H and O–H groups in total. The third kappa shape index (κ3) is 2.28. The highest BCUT2D eigenvalue weighted by molar-refractivity contribution is 5.89. The van der Waals surface area contributed by atoms with Crippen molar-refractivity contribution in [2.75, 3.05) is 7.11 Å². The van der Waals surface area contributed by atoms with Gasteiger partial charge in [-0.1, -0.05) is 6.07 Å².